The molecule has 0 amide bonds. The van der Waals surface area contributed by atoms with Gasteiger partial charge < -0.3 is 9.33 Å². The summed E-state index contributed by atoms with van der Waals surface area (Å²) in [4.78, 5) is 2.48. The van der Waals surface area contributed by atoms with E-state index in [0.717, 1.165) is 5.75 Å². The first-order valence-corrected chi connectivity index (χ1v) is 14.1. The molecule has 0 heterocycles. The molecule has 0 N–H and O–H groups in total. The van der Waals surface area contributed by atoms with Crippen LogP contribution in [0.5, 0.6) is 5.75 Å². The number of hydrogen-bond donors (Lipinski definition) is 0. The third-order valence-electron chi connectivity index (χ3n) is 6.32. The highest BCUT2D eigenvalue weighted by Gasteiger charge is 2.39. The van der Waals surface area contributed by atoms with E-state index in [-0.39, 0.29) is 5.04 Å². The Bertz CT molecular complexity index is 764. The van der Waals surface area contributed by atoms with Crippen molar-refractivity contribution in [1.82, 2.24) is 0 Å². The molecule has 0 saturated heterocycles. The van der Waals surface area contributed by atoms with Gasteiger partial charge in [0.25, 0.3) is 0 Å². The Morgan fingerprint density at radius 1 is 0.966 bits per heavy atom. The van der Waals surface area contributed by atoms with E-state index < -0.39 is 8.32 Å². The van der Waals surface area contributed by atoms with Crippen molar-refractivity contribution in [3.63, 3.8) is 0 Å². The molecule has 0 saturated carbocycles. The molecule has 0 aromatic heterocycles. The lowest BCUT2D eigenvalue weighted by Crippen LogP contribution is -2.44. The summed E-state index contributed by atoms with van der Waals surface area (Å²) in [5.41, 5.74) is 3.68. The minimum atomic E-state index is -1.89. The molecule has 0 aliphatic rings. The Hall–Kier alpha value is -1.74. The number of hydrogen-bond acceptors (Lipinski definition) is 2. The van der Waals surface area contributed by atoms with Gasteiger partial charge in [-0.15, -0.1) is 0 Å². The second-order valence-electron chi connectivity index (χ2n) is 9.86. The van der Waals surface area contributed by atoms with E-state index in [2.05, 4.69) is 108 Å². The lowest BCUT2D eigenvalue weighted by atomic mass is 10.1. The van der Waals surface area contributed by atoms with Crippen molar-refractivity contribution < 1.29 is 4.43 Å². The van der Waals surface area contributed by atoms with Crippen LogP contribution in [0, 0.1) is 6.92 Å². The monoisotopic (exact) mass is 411 g/mol. The molecule has 3 heteroatoms. The summed E-state index contributed by atoms with van der Waals surface area (Å²) in [6.45, 7) is 18.3. The van der Waals surface area contributed by atoms with E-state index in [0.29, 0.717) is 6.04 Å². The van der Waals surface area contributed by atoms with Crippen molar-refractivity contribution in [2.75, 3.05) is 4.90 Å². The Kier molecular flexibility index (Phi) is 7.99. The second kappa shape index (κ2) is 9.84. The number of unbranched alkanes of at least 4 members (excludes halogenated alkanes) is 2. The zero-order valence-corrected chi connectivity index (χ0v) is 20.9. The molecular weight excluding hydrogens is 370 g/mol. The predicted molar refractivity (Wildman–Crippen MR) is 131 cm³/mol. The van der Waals surface area contributed by atoms with Gasteiger partial charge in [0.15, 0.2) is 0 Å². The molecule has 0 spiro atoms. The first-order chi connectivity index (χ1) is 13.6. The second-order valence-corrected chi connectivity index (χ2v) is 14.6. The smallest absolute Gasteiger partial charge is 0.250 e. The number of anilines is 2. The first kappa shape index (κ1) is 23.5. The molecular formula is C26H41NOSi. The van der Waals surface area contributed by atoms with Gasteiger partial charge in [0, 0.05) is 23.5 Å². The molecule has 1 unspecified atom stereocenters. The van der Waals surface area contributed by atoms with Crippen molar-refractivity contribution in [1.29, 1.82) is 0 Å². The van der Waals surface area contributed by atoms with Crippen molar-refractivity contribution >= 4 is 19.7 Å². The summed E-state index contributed by atoms with van der Waals surface area (Å²) in [7, 11) is -1.89. The molecule has 2 aromatic rings. The number of rotatable bonds is 9. The third kappa shape index (κ3) is 6.12. The number of nitrogens with zero attached hydrogens (tertiary/aromatic N) is 1. The van der Waals surface area contributed by atoms with Gasteiger partial charge in [-0.25, -0.2) is 0 Å². The predicted octanol–water partition coefficient (Wildman–Crippen LogP) is 8.49. The van der Waals surface area contributed by atoms with E-state index in [1.54, 1.807) is 0 Å². The highest BCUT2D eigenvalue weighted by atomic mass is 28.4. The van der Waals surface area contributed by atoms with Crippen LogP contribution in [-0.2, 0) is 0 Å². The Labute approximate surface area is 180 Å². The quantitative estimate of drug-likeness (QED) is 0.303. The zero-order chi connectivity index (χ0) is 21.7. The minimum absolute atomic E-state index is 0.183. The maximum Gasteiger partial charge on any atom is 0.250 e. The highest BCUT2D eigenvalue weighted by molar-refractivity contribution is 6.74. The van der Waals surface area contributed by atoms with Crippen LogP contribution in [0.25, 0.3) is 0 Å². The van der Waals surface area contributed by atoms with Crippen LogP contribution < -0.4 is 9.33 Å². The van der Waals surface area contributed by atoms with E-state index in [4.69, 9.17) is 4.43 Å². The van der Waals surface area contributed by atoms with Crippen molar-refractivity contribution in [2.24, 2.45) is 0 Å². The van der Waals surface area contributed by atoms with Crippen LogP contribution in [0.1, 0.15) is 65.9 Å². The summed E-state index contributed by atoms with van der Waals surface area (Å²) >= 11 is 0. The van der Waals surface area contributed by atoms with Gasteiger partial charge in [0.2, 0.25) is 8.32 Å². The van der Waals surface area contributed by atoms with Gasteiger partial charge in [0.1, 0.15) is 5.75 Å². The van der Waals surface area contributed by atoms with E-state index >= 15 is 0 Å². The Balaban J connectivity index is 2.41. The molecule has 0 aliphatic heterocycles. The fourth-order valence-corrected chi connectivity index (χ4v) is 4.42. The van der Waals surface area contributed by atoms with E-state index in [9.17, 15) is 0 Å². The molecule has 2 nitrogen and oxygen atoms in total. The minimum Gasteiger partial charge on any atom is -0.543 e. The van der Waals surface area contributed by atoms with Crippen LogP contribution in [0.3, 0.4) is 0 Å². The molecule has 29 heavy (non-hydrogen) atoms. The summed E-state index contributed by atoms with van der Waals surface area (Å²) in [6.07, 6.45) is 5.00. The molecule has 0 fully saturated rings. The standard InChI is InChI=1S/C26H41NOSi/c1-9-10-12-15-22(3)27(23-16-13-11-14-17-23)24-19-18-21(2)25(20-24)28-29(7,8)26(4,5)6/h11,13-14,16-20,22H,9-10,12,15H2,1-8H3. The van der Waals surface area contributed by atoms with Gasteiger partial charge in [0.05, 0.1) is 0 Å². The fourth-order valence-electron chi connectivity index (χ4n) is 3.34. The van der Waals surface area contributed by atoms with Crippen LogP contribution in [0.4, 0.5) is 11.4 Å². The lowest BCUT2D eigenvalue weighted by molar-refractivity contribution is 0.489. The molecule has 1 atom stereocenters. The molecule has 2 aromatic carbocycles. The number of aryl methyl sites for hydroxylation is 1. The van der Waals surface area contributed by atoms with Crippen LogP contribution in [0.2, 0.25) is 18.1 Å². The van der Waals surface area contributed by atoms with Gasteiger partial charge in [-0.05, 0) is 62.2 Å². The van der Waals surface area contributed by atoms with Gasteiger partial charge in [-0.3, -0.25) is 0 Å². The Morgan fingerprint density at radius 2 is 1.62 bits per heavy atom. The average Bonchev–Trinajstić information content (AvgIpc) is 2.64. The van der Waals surface area contributed by atoms with Crippen LogP contribution >= 0.6 is 0 Å². The average molecular weight is 412 g/mol. The van der Waals surface area contributed by atoms with Crippen molar-refractivity contribution in [3.8, 4) is 5.75 Å². The van der Waals surface area contributed by atoms with Crippen LogP contribution in [-0.4, -0.2) is 14.4 Å². The van der Waals surface area contributed by atoms with Crippen molar-refractivity contribution in [3.05, 3.63) is 54.1 Å². The van der Waals surface area contributed by atoms with Gasteiger partial charge >= 0.3 is 0 Å². The lowest BCUT2D eigenvalue weighted by Gasteiger charge is -2.38. The van der Waals surface area contributed by atoms with Crippen molar-refractivity contribution in [2.45, 2.75) is 91.4 Å². The fraction of sp³-hybridized carbons (Fsp3) is 0.538. The zero-order valence-electron chi connectivity index (χ0n) is 19.9. The Morgan fingerprint density at radius 3 is 2.21 bits per heavy atom. The van der Waals surface area contributed by atoms with E-state index in [1.807, 2.05) is 0 Å². The van der Waals surface area contributed by atoms with E-state index in [1.165, 1.54) is 42.6 Å². The molecule has 160 valence electrons. The molecule has 0 aliphatic carbocycles. The molecule has 0 bridgehead atoms. The molecule has 0 radical (unpaired) electrons. The largest absolute Gasteiger partial charge is 0.543 e. The summed E-state index contributed by atoms with van der Waals surface area (Å²) in [5, 5.41) is 0.183. The first-order valence-electron chi connectivity index (χ1n) is 11.2. The third-order valence-corrected chi connectivity index (χ3v) is 10.7. The van der Waals surface area contributed by atoms with Gasteiger partial charge in [-0.1, -0.05) is 71.2 Å². The molecule has 2 rings (SSSR count). The highest BCUT2D eigenvalue weighted by Crippen LogP contribution is 2.40. The van der Waals surface area contributed by atoms with Gasteiger partial charge in [-0.2, -0.15) is 0 Å². The van der Waals surface area contributed by atoms with Crippen LogP contribution in [0.15, 0.2) is 48.5 Å². The summed E-state index contributed by atoms with van der Waals surface area (Å²) in [5.74, 6) is 1.04. The SMILES string of the molecule is CCCCCC(C)N(c1ccccc1)c1ccc(C)c(O[Si](C)(C)C(C)(C)C)c1. The number of benzene rings is 2. The normalized spacial score (nSPS) is 13.2. The summed E-state index contributed by atoms with van der Waals surface area (Å²) in [6, 6.07) is 17.9. The number of para-hydroxylation sites is 1. The topological polar surface area (TPSA) is 12.5 Å². The maximum absolute atomic E-state index is 6.71. The maximum atomic E-state index is 6.71. The summed E-state index contributed by atoms with van der Waals surface area (Å²) < 4.78 is 6.71.